The summed E-state index contributed by atoms with van der Waals surface area (Å²) in [6.45, 7) is 6.78. The van der Waals surface area contributed by atoms with Gasteiger partial charge in [0.05, 0.1) is 29.5 Å². The van der Waals surface area contributed by atoms with E-state index in [1.165, 1.54) is 25.7 Å². The number of aromatic nitrogens is 2. The number of carbonyl (C=O) groups is 1. The second-order valence-corrected chi connectivity index (χ2v) is 7.27. The molecule has 1 aromatic rings. The van der Waals surface area contributed by atoms with E-state index in [9.17, 15) is 4.79 Å². The molecule has 1 atom stereocenters. The topological polar surface area (TPSA) is 56.1 Å². The number of ether oxygens (including phenoxy) is 1. The van der Waals surface area contributed by atoms with Crippen molar-refractivity contribution in [2.75, 3.05) is 6.54 Å². The van der Waals surface area contributed by atoms with Crippen LogP contribution in [0.5, 0.6) is 0 Å². The fourth-order valence-corrected chi connectivity index (χ4v) is 3.69. The number of carbonyl (C=O) groups excluding carboxylic acids is 1. The quantitative estimate of drug-likeness (QED) is 0.930. The number of amides is 1. The van der Waals surface area contributed by atoms with Crippen molar-refractivity contribution in [3.63, 3.8) is 0 Å². The van der Waals surface area contributed by atoms with Gasteiger partial charge in [-0.15, -0.1) is 0 Å². The molecule has 1 unspecified atom stereocenters. The molecule has 0 bridgehead atoms. The third kappa shape index (κ3) is 3.19. The maximum atomic E-state index is 12.4. The highest BCUT2D eigenvalue weighted by atomic mass is 16.5. The molecule has 1 aliphatic heterocycles. The third-order valence-electron chi connectivity index (χ3n) is 5.00. The molecule has 2 fully saturated rings. The molecular formula is C17H27N3O2. The van der Waals surface area contributed by atoms with Gasteiger partial charge in [-0.2, -0.15) is 5.10 Å². The fourth-order valence-electron chi connectivity index (χ4n) is 3.69. The Hall–Kier alpha value is -1.36. The van der Waals surface area contributed by atoms with Crippen molar-refractivity contribution in [2.24, 2.45) is 0 Å². The summed E-state index contributed by atoms with van der Waals surface area (Å²) in [5.74, 6) is -0.0324. The van der Waals surface area contributed by atoms with E-state index >= 15 is 0 Å². The SMILES string of the molecule is Cc1c(C(=O)NCC2CCC(C)(C)O2)cnn1C1CCCC1. The highest BCUT2D eigenvalue weighted by molar-refractivity contribution is 5.95. The van der Waals surface area contributed by atoms with Gasteiger partial charge in [0, 0.05) is 12.2 Å². The first kappa shape index (κ1) is 15.5. The van der Waals surface area contributed by atoms with Crippen molar-refractivity contribution >= 4 is 5.91 Å². The first-order valence-corrected chi connectivity index (χ1v) is 8.46. The highest BCUT2D eigenvalue weighted by Gasteiger charge is 2.32. The van der Waals surface area contributed by atoms with Gasteiger partial charge in [0.1, 0.15) is 0 Å². The number of nitrogens with one attached hydrogen (secondary N) is 1. The molecule has 5 heteroatoms. The number of hydrogen-bond donors (Lipinski definition) is 1. The van der Waals surface area contributed by atoms with Crippen molar-refractivity contribution in [3.8, 4) is 0 Å². The Morgan fingerprint density at radius 1 is 1.41 bits per heavy atom. The molecule has 1 saturated carbocycles. The van der Waals surface area contributed by atoms with Crippen LogP contribution in [0.25, 0.3) is 0 Å². The molecule has 1 aliphatic carbocycles. The van der Waals surface area contributed by atoms with Crippen molar-refractivity contribution in [2.45, 2.75) is 77.0 Å². The minimum Gasteiger partial charge on any atom is -0.371 e. The van der Waals surface area contributed by atoms with Crippen LogP contribution in [0.3, 0.4) is 0 Å². The molecule has 22 heavy (non-hydrogen) atoms. The molecule has 2 aliphatic rings. The van der Waals surface area contributed by atoms with E-state index in [0.29, 0.717) is 18.2 Å². The van der Waals surface area contributed by atoms with Crippen molar-refractivity contribution < 1.29 is 9.53 Å². The van der Waals surface area contributed by atoms with E-state index in [2.05, 4.69) is 24.3 Å². The van der Waals surface area contributed by atoms with Gasteiger partial charge in [-0.25, -0.2) is 0 Å². The minimum absolute atomic E-state index is 0.0324. The van der Waals surface area contributed by atoms with Crippen LogP contribution in [0.2, 0.25) is 0 Å². The Morgan fingerprint density at radius 3 is 2.77 bits per heavy atom. The summed E-state index contributed by atoms with van der Waals surface area (Å²) in [4.78, 5) is 12.4. The molecule has 0 spiro atoms. The molecule has 1 amide bonds. The van der Waals surface area contributed by atoms with Crippen molar-refractivity contribution in [1.29, 1.82) is 0 Å². The van der Waals surface area contributed by atoms with E-state index in [1.54, 1.807) is 6.20 Å². The summed E-state index contributed by atoms with van der Waals surface area (Å²) in [7, 11) is 0. The van der Waals surface area contributed by atoms with Crippen LogP contribution >= 0.6 is 0 Å². The zero-order valence-corrected chi connectivity index (χ0v) is 13.9. The van der Waals surface area contributed by atoms with Gasteiger partial charge in [0.2, 0.25) is 0 Å². The van der Waals surface area contributed by atoms with Crippen LogP contribution in [0.1, 0.15) is 74.5 Å². The van der Waals surface area contributed by atoms with Crippen LogP contribution in [0, 0.1) is 6.92 Å². The van der Waals surface area contributed by atoms with Gasteiger partial charge in [-0.05, 0) is 46.5 Å². The maximum Gasteiger partial charge on any atom is 0.254 e. The Balaban J connectivity index is 1.58. The number of nitrogens with zero attached hydrogens (tertiary/aromatic N) is 2. The normalized spacial score (nSPS) is 24.8. The number of rotatable bonds is 4. The van der Waals surface area contributed by atoms with Gasteiger partial charge >= 0.3 is 0 Å². The second-order valence-electron chi connectivity index (χ2n) is 7.27. The van der Waals surface area contributed by atoms with E-state index < -0.39 is 0 Å². The van der Waals surface area contributed by atoms with E-state index in [1.807, 2.05) is 11.6 Å². The second kappa shape index (κ2) is 6.03. The lowest BCUT2D eigenvalue weighted by molar-refractivity contribution is -0.0138. The van der Waals surface area contributed by atoms with Crippen LogP contribution in [-0.2, 0) is 4.74 Å². The Morgan fingerprint density at radius 2 is 2.14 bits per heavy atom. The molecule has 0 radical (unpaired) electrons. The maximum absolute atomic E-state index is 12.4. The molecule has 122 valence electrons. The lowest BCUT2D eigenvalue weighted by Crippen LogP contribution is -2.33. The average Bonchev–Trinajstić information content (AvgIpc) is 3.16. The van der Waals surface area contributed by atoms with E-state index in [-0.39, 0.29) is 17.6 Å². The first-order valence-electron chi connectivity index (χ1n) is 8.46. The molecule has 1 aromatic heterocycles. The summed E-state index contributed by atoms with van der Waals surface area (Å²) in [5.41, 5.74) is 1.62. The summed E-state index contributed by atoms with van der Waals surface area (Å²) < 4.78 is 7.96. The Labute approximate surface area is 132 Å². The fraction of sp³-hybridized carbons (Fsp3) is 0.765. The minimum atomic E-state index is -0.0569. The molecule has 1 saturated heterocycles. The van der Waals surface area contributed by atoms with Gasteiger partial charge < -0.3 is 10.1 Å². The summed E-state index contributed by atoms with van der Waals surface area (Å²) in [6, 6.07) is 0.473. The predicted octanol–water partition coefficient (Wildman–Crippen LogP) is 2.99. The molecule has 3 rings (SSSR count). The van der Waals surface area contributed by atoms with E-state index in [4.69, 9.17) is 4.74 Å². The molecule has 2 heterocycles. The largest absolute Gasteiger partial charge is 0.371 e. The molecule has 1 N–H and O–H groups in total. The molecule has 0 aromatic carbocycles. The van der Waals surface area contributed by atoms with Gasteiger partial charge in [-0.3, -0.25) is 9.48 Å². The van der Waals surface area contributed by atoms with Crippen LogP contribution in [-0.4, -0.2) is 33.9 Å². The Bertz CT molecular complexity index is 544. The van der Waals surface area contributed by atoms with Gasteiger partial charge in [0.15, 0.2) is 0 Å². The lowest BCUT2D eigenvalue weighted by Gasteiger charge is -2.19. The van der Waals surface area contributed by atoms with Crippen LogP contribution in [0.4, 0.5) is 0 Å². The molecular weight excluding hydrogens is 278 g/mol. The van der Waals surface area contributed by atoms with E-state index in [0.717, 1.165) is 18.5 Å². The molecule has 5 nitrogen and oxygen atoms in total. The third-order valence-corrected chi connectivity index (χ3v) is 5.00. The standard InChI is InChI=1S/C17H27N3O2/c1-12-15(11-19-20(12)13-6-4-5-7-13)16(21)18-10-14-8-9-17(2,3)22-14/h11,13-14H,4-10H2,1-3H3,(H,18,21). The lowest BCUT2D eigenvalue weighted by atomic mass is 10.1. The zero-order chi connectivity index (χ0) is 15.7. The van der Waals surface area contributed by atoms with Gasteiger partial charge in [0.25, 0.3) is 5.91 Å². The van der Waals surface area contributed by atoms with Gasteiger partial charge in [-0.1, -0.05) is 12.8 Å². The monoisotopic (exact) mass is 305 g/mol. The first-order chi connectivity index (χ1) is 10.5. The summed E-state index contributed by atoms with van der Waals surface area (Å²) in [5, 5.41) is 7.45. The Kier molecular flexibility index (Phi) is 4.26. The summed E-state index contributed by atoms with van der Waals surface area (Å²) >= 11 is 0. The predicted molar refractivity (Wildman–Crippen MR) is 85.0 cm³/mol. The summed E-state index contributed by atoms with van der Waals surface area (Å²) in [6.07, 6.45) is 8.77. The van der Waals surface area contributed by atoms with Crippen molar-refractivity contribution in [3.05, 3.63) is 17.5 Å². The average molecular weight is 305 g/mol. The van der Waals surface area contributed by atoms with Crippen LogP contribution < -0.4 is 5.32 Å². The van der Waals surface area contributed by atoms with Crippen LogP contribution in [0.15, 0.2) is 6.20 Å². The highest BCUT2D eigenvalue weighted by Crippen LogP contribution is 2.31. The smallest absolute Gasteiger partial charge is 0.254 e. The zero-order valence-electron chi connectivity index (χ0n) is 13.9. The van der Waals surface area contributed by atoms with Crippen molar-refractivity contribution in [1.82, 2.24) is 15.1 Å². The number of hydrogen-bond acceptors (Lipinski definition) is 3.